The third-order valence-corrected chi connectivity index (χ3v) is 9.04. The number of carboxylic acid groups (broad SMARTS) is 1. The maximum Gasteiger partial charge on any atom is 0.304 e. The maximum absolute atomic E-state index is 14.5. The minimum absolute atomic E-state index is 0.0375. The number of ketones is 1. The van der Waals surface area contributed by atoms with Crippen molar-refractivity contribution in [3.8, 4) is 0 Å². The van der Waals surface area contributed by atoms with Gasteiger partial charge < -0.3 is 37.8 Å². The first-order valence-electron chi connectivity index (χ1n) is 16.3. The molecule has 1 unspecified atom stereocenters. The number of nitrogens with zero attached hydrogens (tertiary/aromatic N) is 1. The zero-order valence-electron chi connectivity index (χ0n) is 27.4. The number of carbonyl (C=O) groups is 6. The van der Waals surface area contributed by atoms with Gasteiger partial charge in [0.2, 0.25) is 23.6 Å². The van der Waals surface area contributed by atoms with Crippen molar-refractivity contribution in [2.45, 2.75) is 89.8 Å². The van der Waals surface area contributed by atoms with Crippen LogP contribution in [0.15, 0.2) is 35.3 Å². The zero-order chi connectivity index (χ0) is 34.7. The van der Waals surface area contributed by atoms with Gasteiger partial charge in [-0.1, -0.05) is 57.5 Å². The summed E-state index contributed by atoms with van der Waals surface area (Å²) in [4.78, 5) is 84.4. The molecular weight excluding hydrogens is 606 g/mol. The Balaban J connectivity index is 2.11. The molecule has 4 amide bonds. The molecule has 1 spiro atoms. The van der Waals surface area contributed by atoms with Crippen molar-refractivity contribution in [2.24, 2.45) is 40.1 Å². The first kappa shape index (κ1) is 37.0. The minimum Gasteiger partial charge on any atom is -0.481 e. The Morgan fingerprint density at radius 2 is 1.70 bits per heavy atom. The quantitative estimate of drug-likeness (QED) is 0.110. The lowest BCUT2D eigenvalue weighted by Gasteiger charge is -2.48. The second-order valence-electron chi connectivity index (χ2n) is 13.2. The van der Waals surface area contributed by atoms with Crippen LogP contribution in [0, 0.1) is 23.7 Å². The highest BCUT2D eigenvalue weighted by Crippen LogP contribution is 2.41. The van der Waals surface area contributed by atoms with Crippen molar-refractivity contribution in [3.05, 3.63) is 35.9 Å². The molecule has 0 radical (unpaired) electrons. The van der Waals surface area contributed by atoms with E-state index in [0.717, 1.165) is 12.0 Å². The van der Waals surface area contributed by atoms with Gasteiger partial charge in [0.1, 0.15) is 17.6 Å². The van der Waals surface area contributed by atoms with E-state index in [1.807, 2.05) is 26.8 Å². The van der Waals surface area contributed by atoms with Gasteiger partial charge in [-0.15, -0.1) is 0 Å². The summed E-state index contributed by atoms with van der Waals surface area (Å²) in [6.45, 7) is 5.66. The van der Waals surface area contributed by atoms with Gasteiger partial charge in [0.05, 0.1) is 18.9 Å². The van der Waals surface area contributed by atoms with Crippen molar-refractivity contribution in [2.75, 3.05) is 13.1 Å². The second kappa shape index (κ2) is 16.9. The molecule has 258 valence electrons. The number of nitrogens with two attached hydrogens (primary N) is 2. The van der Waals surface area contributed by atoms with Crippen molar-refractivity contribution in [1.29, 1.82) is 0 Å². The van der Waals surface area contributed by atoms with Gasteiger partial charge in [0.25, 0.3) is 0 Å². The van der Waals surface area contributed by atoms with Crippen molar-refractivity contribution >= 4 is 41.3 Å². The molecule has 1 aromatic rings. The van der Waals surface area contributed by atoms with Gasteiger partial charge in [0.15, 0.2) is 11.7 Å². The fourth-order valence-corrected chi connectivity index (χ4v) is 6.72. The molecule has 14 nitrogen and oxygen atoms in total. The number of aliphatic carboxylic acids is 1. The van der Waals surface area contributed by atoms with Crippen LogP contribution in [0.1, 0.15) is 71.3 Å². The van der Waals surface area contributed by atoms with E-state index in [4.69, 9.17) is 11.5 Å². The second-order valence-corrected chi connectivity index (χ2v) is 13.2. The number of guanidine groups is 1. The Morgan fingerprint density at radius 3 is 2.34 bits per heavy atom. The van der Waals surface area contributed by atoms with Crippen LogP contribution < -0.4 is 32.7 Å². The topological polar surface area (TPSA) is 235 Å². The highest BCUT2D eigenvalue weighted by Gasteiger charge is 2.52. The Morgan fingerprint density at radius 1 is 1.00 bits per heavy atom. The number of carboxylic acids is 1. The highest BCUT2D eigenvalue weighted by molar-refractivity contribution is 5.99. The fourth-order valence-electron chi connectivity index (χ4n) is 6.72. The molecule has 1 saturated carbocycles. The lowest BCUT2D eigenvalue weighted by molar-refractivity contribution is -0.144. The maximum atomic E-state index is 14.5. The number of aliphatic imine (C=N–C) groups is 1. The van der Waals surface area contributed by atoms with Crippen molar-refractivity contribution in [3.63, 3.8) is 0 Å². The Hall–Kier alpha value is -4.49. The van der Waals surface area contributed by atoms with Gasteiger partial charge in [-0.2, -0.15) is 0 Å². The van der Waals surface area contributed by atoms with E-state index in [1.54, 1.807) is 24.3 Å². The van der Waals surface area contributed by atoms with Crippen LogP contribution in [-0.2, 0) is 35.2 Å². The smallest absolute Gasteiger partial charge is 0.304 e. The summed E-state index contributed by atoms with van der Waals surface area (Å²) >= 11 is 0. The number of hydrogen-bond donors (Lipinski definition) is 7. The fraction of sp³-hybridized carbons (Fsp3) is 0.606. The molecule has 1 aliphatic carbocycles. The predicted octanol–water partition coefficient (Wildman–Crippen LogP) is 0.379. The van der Waals surface area contributed by atoms with E-state index in [1.165, 1.54) is 0 Å². The highest BCUT2D eigenvalue weighted by atomic mass is 16.4. The summed E-state index contributed by atoms with van der Waals surface area (Å²) in [7, 11) is 0. The third kappa shape index (κ3) is 10.5. The van der Waals surface area contributed by atoms with Gasteiger partial charge in [-0.05, 0) is 49.0 Å². The number of nitrogens with one attached hydrogen (secondary N) is 4. The van der Waals surface area contributed by atoms with E-state index < -0.39 is 78.3 Å². The van der Waals surface area contributed by atoms with Crippen molar-refractivity contribution in [1.82, 2.24) is 21.3 Å². The van der Waals surface area contributed by atoms with Gasteiger partial charge in [0, 0.05) is 19.4 Å². The van der Waals surface area contributed by atoms with E-state index in [9.17, 15) is 33.9 Å². The molecule has 47 heavy (non-hydrogen) atoms. The number of amides is 4. The van der Waals surface area contributed by atoms with Crippen LogP contribution in [0.4, 0.5) is 0 Å². The SMILES string of the molecule is CC(C)[C@H]1CC[C@H](C)CC12NC(=O)[C@@H](Cc1ccccc1)NC(=O)[C@H](CC(=O)O)CC(=O)CNC(=O)[C@H](CCCN=C(N)N)NC2=O. The standard InChI is InChI=1S/C33H49N7O7/c1-19(2)24-12-11-20(3)17-33(24)31(47)39-25(10-7-13-36-32(34)35)29(45)37-18-23(41)15-22(16-27(42)43)28(44)38-26(30(46)40-33)14-21-8-5-4-6-9-21/h4-6,8-9,19-20,22,24-26H,7,10-18H2,1-3H3,(H,37,45)(H,38,44)(H,39,47)(H,40,46)(H,42,43)(H4,34,35,36)/t20-,22-,24+,25-,26+,33?/m0/s1. The lowest BCUT2D eigenvalue weighted by Crippen LogP contribution is -2.69. The van der Waals surface area contributed by atoms with Crippen LogP contribution in [0.5, 0.6) is 0 Å². The number of benzene rings is 1. The molecule has 3 rings (SSSR count). The molecule has 14 heteroatoms. The Kier molecular flexibility index (Phi) is 13.3. The molecule has 1 aromatic carbocycles. The zero-order valence-corrected chi connectivity index (χ0v) is 27.4. The summed E-state index contributed by atoms with van der Waals surface area (Å²) in [6, 6.07) is 6.69. The first-order chi connectivity index (χ1) is 22.2. The summed E-state index contributed by atoms with van der Waals surface area (Å²) in [5, 5.41) is 20.7. The van der Waals surface area contributed by atoms with E-state index in [-0.39, 0.29) is 43.1 Å². The summed E-state index contributed by atoms with van der Waals surface area (Å²) in [5.41, 5.74) is 10.2. The molecule has 1 heterocycles. The van der Waals surface area contributed by atoms with Crippen LogP contribution in [-0.4, -0.2) is 77.2 Å². The number of carbonyl (C=O) groups excluding carboxylic acids is 5. The molecular formula is C33H49N7O7. The summed E-state index contributed by atoms with van der Waals surface area (Å²) in [5.74, 6) is -6.17. The normalized spacial score (nSPS) is 27.9. The van der Waals surface area contributed by atoms with E-state index in [2.05, 4.69) is 26.3 Å². The first-order valence-corrected chi connectivity index (χ1v) is 16.3. The molecule has 1 saturated heterocycles. The number of Topliss-reactive ketones (excluding diaryl/α,β-unsaturated/α-hetero) is 1. The van der Waals surface area contributed by atoms with Crippen LogP contribution >= 0.6 is 0 Å². The number of hydrogen-bond acceptors (Lipinski definition) is 7. The molecule has 6 atom stereocenters. The van der Waals surface area contributed by atoms with E-state index >= 15 is 0 Å². The Labute approximate surface area is 275 Å². The van der Waals surface area contributed by atoms with Crippen LogP contribution in [0.3, 0.4) is 0 Å². The molecule has 2 fully saturated rings. The predicted molar refractivity (Wildman–Crippen MR) is 175 cm³/mol. The van der Waals surface area contributed by atoms with Gasteiger partial charge in [-0.3, -0.25) is 33.8 Å². The van der Waals surface area contributed by atoms with Crippen molar-refractivity contribution < 1.29 is 33.9 Å². The minimum atomic E-state index is -1.43. The average Bonchev–Trinajstić information content (AvgIpc) is 3.00. The molecule has 9 N–H and O–H groups in total. The summed E-state index contributed by atoms with van der Waals surface area (Å²) in [6.07, 6.45) is 1.14. The lowest BCUT2D eigenvalue weighted by atomic mass is 9.64. The monoisotopic (exact) mass is 655 g/mol. The van der Waals surface area contributed by atoms with Gasteiger partial charge >= 0.3 is 5.97 Å². The molecule has 1 aliphatic heterocycles. The van der Waals surface area contributed by atoms with Crippen LogP contribution in [0.2, 0.25) is 0 Å². The largest absolute Gasteiger partial charge is 0.481 e. The summed E-state index contributed by atoms with van der Waals surface area (Å²) < 4.78 is 0. The molecule has 0 aromatic heterocycles. The van der Waals surface area contributed by atoms with E-state index in [0.29, 0.717) is 19.3 Å². The molecule has 2 aliphatic rings. The van der Waals surface area contributed by atoms with Gasteiger partial charge in [-0.25, -0.2) is 0 Å². The average molecular weight is 656 g/mol. The molecule has 0 bridgehead atoms. The number of rotatable bonds is 9. The van der Waals surface area contributed by atoms with Crippen LogP contribution in [0.25, 0.3) is 0 Å². The third-order valence-electron chi connectivity index (χ3n) is 9.04. The Bertz CT molecular complexity index is 1330.